The molecule has 0 bridgehead atoms. The summed E-state index contributed by atoms with van der Waals surface area (Å²) >= 11 is 0. The third-order valence-corrected chi connectivity index (χ3v) is 5.43. The van der Waals surface area contributed by atoms with Crippen LogP contribution in [0.3, 0.4) is 0 Å². The van der Waals surface area contributed by atoms with E-state index in [0.29, 0.717) is 0 Å². The van der Waals surface area contributed by atoms with Crippen LogP contribution >= 0.6 is 0 Å². The molecular formula is C29H28ClNO5. The number of benzene rings is 2. The van der Waals surface area contributed by atoms with Crippen molar-refractivity contribution < 1.29 is 38.2 Å². The van der Waals surface area contributed by atoms with Crippen LogP contribution in [-0.4, -0.2) is 24.4 Å². The van der Waals surface area contributed by atoms with Crippen molar-refractivity contribution in [1.82, 2.24) is 0 Å². The van der Waals surface area contributed by atoms with E-state index in [-0.39, 0.29) is 0 Å². The van der Waals surface area contributed by atoms with E-state index in [1.54, 1.807) is 0 Å². The van der Waals surface area contributed by atoms with Crippen molar-refractivity contribution in [3.8, 4) is 0 Å². The van der Waals surface area contributed by atoms with Crippen LogP contribution < -0.4 is 18.6 Å². The Balaban J connectivity index is 0.000000658. The zero-order valence-electron chi connectivity index (χ0n) is 20.4. The van der Waals surface area contributed by atoms with Crippen molar-refractivity contribution >= 4 is 17.0 Å². The lowest BCUT2D eigenvalue weighted by atomic mass is 9.97. The standard InChI is InChI=1S/C29H28NO.ClHO4/c1-4-22(24-15-17-27(18-16-24)30(2)3)19-28-20-26(23-11-7-5-8-12-23)21-29(31-28)25-13-9-6-10-14-25;2-1(3,4)5/h5-21H,4H2,1-3H3;(H,2,3,4,5)/q+1;/p-1. The first-order valence-electron chi connectivity index (χ1n) is 11.3. The molecule has 0 fully saturated rings. The zero-order chi connectivity index (χ0) is 26.1. The molecule has 1 aliphatic heterocycles. The summed E-state index contributed by atoms with van der Waals surface area (Å²) < 4.78 is 42.4. The van der Waals surface area contributed by atoms with Crippen molar-refractivity contribution in [2.24, 2.45) is 0 Å². The Morgan fingerprint density at radius 2 is 1.33 bits per heavy atom. The normalized spacial score (nSPS) is 16.0. The molecular weight excluding hydrogens is 478 g/mol. The van der Waals surface area contributed by atoms with Crippen LogP contribution in [0.5, 0.6) is 0 Å². The molecule has 2 aliphatic rings. The molecule has 1 aliphatic carbocycles. The topological polar surface area (TPSA) is 104 Å². The fraction of sp³-hybridized carbons (Fsp3) is 0.138. The predicted molar refractivity (Wildman–Crippen MR) is 131 cm³/mol. The van der Waals surface area contributed by atoms with Crippen molar-refractivity contribution in [3.05, 3.63) is 131 Å². The van der Waals surface area contributed by atoms with E-state index >= 15 is 0 Å². The summed E-state index contributed by atoms with van der Waals surface area (Å²) in [6.07, 6.45) is 16.0. The van der Waals surface area contributed by atoms with Gasteiger partial charge in [0.1, 0.15) is 25.6 Å². The van der Waals surface area contributed by atoms with Crippen LogP contribution in [0.1, 0.15) is 24.5 Å². The SMILES string of the molecule is CCC(C=C1C=C(c2ccccc2)C=C(c2ccccc2)O1)=C1C=CC(=[N+](C)C)C=C1.[O-][Cl+3]([O-])([O-])[O-]. The molecule has 0 N–H and O–H groups in total. The number of allylic oxidation sites excluding steroid dienone is 10. The zero-order valence-corrected chi connectivity index (χ0v) is 21.1. The highest BCUT2D eigenvalue weighted by Crippen LogP contribution is 2.32. The lowest BCUT2D eigenvalue weighted by molar-refractivity contribution is -2.00. The molecule has 2 aromatic carbocycles. The van der Waals surface area contributed by atoms with E-state index in [2.05, 4.69) is 105 Å². The van der Waals surface area contributed by atoms with Crippen molar-refractivity contribution in [1.29, 1.82) is 0 Å². The molecule has 6 nitrogen and oxygen atoms in total. The maximum Gasteiger partial charge on any atom is 0.199 e. The van der Waals surface area contributed by atoms with E-state index in [4.69, 9.17) is 23.4 Å². The van der Waals surface area contributed by atoms with Gasteiger partial charge in [-0.1, -0.05) is 67.6 Å². The Bertz CT molecular complexity index is 1250. The van der Waals surface area contributed by atoms with Gasteiger partial charge >= 0.3 is 0 Å². The molecule has 0 spiro atoms. The summed E-state index contributed by atoms with van der Waals surface area (Å²) in [7, 11) is -0.824. The van der Waals surface area contributed by atoms with Gasteiger partial charge in [0.05, 0.1) is 0 Å². The first-order valence-corrected chi connectivity index (χ1v) is 12.6. The maximum absolute atomic E-state index is 8.49. The van der Waals surface area contributed by atoms with Gasteiger partial charge in [0.2, 0.25) is 0 Å². The number of hydrogen-bond acceptors (Lipinski definition) is 5. The van der Waals surface area contributed by atoms with E-state index in [9.17, 15) is 0 Å². The Kier molecular flexibility index (Phi) is 9.36. The molecule has 1 heterocycles. The van der Waals surface area contributed by atoms with Crippen LogP contribution in [0.4, 0.5) is 0 Å². The highest BCUT2D eigenvalue weighted by atomic mass is 35.7. The van der Waals surface area contributed by atoms with Gasteiger partial charge in [-0.2, -0.15) is 0 Å². The molecule has 0 saturated heterocycles. The van der Waals surface area contributed by atoms with E-state index in [1.807, 2.05) is 24.3 Å². The van der Waals surface area contributed by atoms with Crippen LogP contribution in [0.2, 0.25) is 0 Å². The van der Waals surface area contributed by atoms with Crippen LogP contribution in [0.25, 0.3) is 11.3 Å². The molecule has 0 atom stereocenters. The summed E-state index contributed by atoms with van der Waals surface area (Å²) in [6, 6.07) is 20.7. The highest BCUT2D eigenvalue weighted by molar-refractivity contribution is 6.02. The molecule has 0 unspecified atom stereocenters. The predicted octanol–water partition coefficient (Wildman–Crippen LogP) is 1.81. The highest BCUT2D eigenvalue weighted by Gasteiger charge is 2.15. The summed E-state index contributed by atoms with van der Waals surface area (Å²) in [5.41, 5.74) is 7.06. The Morgan fingerprint density at radius 1 is 0.806 bits per heavy atom. The summed E-state index contributed by atoms with van der Waals surface area (Å²) in [5.74, 6) is 1.72. The second-order valence-corrected chi connectivity index (χ2v) is 8.94. The van der Waals surface area contributed by atoms with Crippen LogP contribution in [0, 0.1) is 10.2 Å². The lowest BCUT2D eigenvalue weighted by Gasteiger charge is -2.19. The Hall–Kier alpha value is -3.52. The van der Waals surface area contributed by atoms with Crippen molar-refractivity contribution in [2.75, 3.05) is 14.1 Å². The largest absolute Gasteiger partial charge is 0.457 e. The third-order valence-electron chi connectivity index (χ3n) is 5.43. The van der Waals surface area contributed by atoms with Gasteiger partial charge in [0, 0.05) is 17.7 Å². The average Bonchev–Trinajstić information content (AvgIpc) is 2.87. The van der Waals surface area contributed by atoms with E-state index in [0.717, 1.165) is 29.1 Å². The van der Waals surface area contributed by atoms with Gasteiger partial charge in [-0.15, -0.1) is 10.2 Å². The number of ether oxygens (including phenoxy) is 1. The van der Waals surface area contributed by atoms with Gasteiger partial charge in [0.25, 0.3) is 0 Å². The van der Waals surface area contributed by atoms with Crippen LogP contribution in [0.15, 0.2) is 120 Å². The van der Waals surface area contributed by atoms with Gasteiger partial charge in [0.15, 0.2) is 5.71 Å². The smallest absolute Gasteiger partial charge is 0.199 e. The van der Waals surface area contributed by atoms with Crippen molar-refractivity contribution in [2.45, 2.75) is 13.3 Å². The van der Waals surface area contributed by atoms with Crippen molar-refractivity contribution in [3.63, 3.8) is 0 Å². The van der Waals surface area contributed by atoms with Crippen LogP contribution in [-0.2, 0) is 4.74 Å². The molecule has 186 valence electrons. The maximum atomic E-state index is 8.49. The molecule has 4 rings (SSSR count). The minimum absolute atomic E-state index is 0.855. The second-order valence-electron chi connectivity index (χ2n) is 8.19. The van der Waals surface area contributed by atoms with Gasteiger partial charge < -0.3 is 4.74 Å². The molecule has 0 saturated carbocycles. The molecule has 0 radical (unpaired) electrons. The monoisotopic (exact) mass is 505 g/mol. The molecule has 2 aromatic rings. The van der Waals surface area contributed by atoms with Gasteiger partial charge in [-0.25, -0.2) is 23.2 Å². The molecule has 7 heteroatoms. The quantitative estimate of drug-likeness (QED) is 0.589. The van der Waals surface area contributed by atoms with E-state index < -0.39 is 10.2 Å². The van der Waals surface area contributed by atoms with Gasteiger partial charge in [-0.05, 0) is 59.1 Å². The summed E-state index contributed by atoms with van der Waals surface area (Å²) in [6.45, 7) is 2.19. The lowest BCUT2D eigenvalue weighted by Crippen LogP contribution is -2.68. The summed E-state index contributed by atoms with van der Waals surface area (Å²) in [5, 5.41) is 0. The molecule has 0 amide bonds. The molecule has 0 aromatic heterocycles. The minimum Gasteiger partial charge on any atom is -0.457 e. The first kappa shape index (κ1) is 27.1. The van der Waals surface area contributed by atoms with E-state index in [1.165, 1.54) is 22.4 Å². The number of rotatable bonds is 4. The van der Waals surface area contributed by atoms with Gasteiger partial charge in [-0.3, -0.25) is 0 Å². The minimum atomic E-state index is -4.94. The second kappa shape index (κ2) is 12.4. The number of nitrogens with zero attached hydrogens (tertiary/aromatic N) is 1. The average molecular weight is 506 g/mol. The fourth-order valence-electron chi connectivity index (χ4n) is 3.67. The third kappa shape index (κ3) is 8.30. The fourth-order valence-corrected chi connectivity index (χ4v) is 3.67. The molecule has 36 heavy (non-hydrogen) atoms. The Labute approximate surface area is 213 Å². The summed E-state index contributed by atoms with van der Waals surface area (Å²) in [4.78, 5) is 0. The first-order chi connectivity index (χ1) is 17.1. The number of hydrogen-bond donors (Lipinski definition) is 0. The number of halogens is 1. The Morgan fingerprint density at radius 3 is 1.83 bits per heavy atom.